The molecular weight excluding hydrogens is 176 g/mol. The Morgan fingerprint density at radius 1 is 1.43 bits per heavy atom. The second-order valence-corrected chi connectivity index (χ2v) is 3.50. The van der Waals surface area contributed by atoms with Crippen LogP contribution < -0.4 is 0 Å². The third-order valence-corrected chi connectivity index (χ3v) is 2.28. The highest BCUT2D eigenvalue weighted by molar-refractivity contribution is 5.49. The van der Waals surface area contributed by atoms with Gasteiger partial charge in [-0.25, -0.2) is 4.52 Å². The van der Waals surface area contributed by atoms with E-state index in [4.69, 9.17) is 0 Å². The van der Waals surface area contributed by atoms with E-state index < -0.39 is 0 Å². The van der Waals surface area contributed by atoms with E-state index in [9.17, 15) is 5.11 Å². The molecular formula is C11H14N2O. The topological polar surface area (TPSA) is 37.5 Å². The van der Waals surface area contributed by atoms with Crippen molar-refractivity contribution in [2.75, 3.05) is 0 Å². The van der Waals surface area contributed by atoms with Crippen LogP contribution in [0.4, 0.5) is 0 Å². The average Bonchev–Trinajstić information content (AvgIpc) is 2.56. The number of aromatic hydroxyl groups is 1. The van der Waals surface area contributed by atoms with Crippen molar-refractivity contribution in [3.63, 3.8) is 0 Å². The summed E-state index contributed by atoms with van der Waals surface area (Å²) in [5, 5.41) is 13.6. The third kappa shape index (κ3) is 1.71. The van der Waals surface area contributed by atoms with Crippen molar-refractivity contribution in [1.29, 1.82) is 0 Å². The van der Waals surface area contributed by atoms with Gasteiger partial charge in [0.2, 0.25) is 0 Å². The molecule has 2 aromatic rings. The van der Waals surface area contributed by atoms with Gasteiger partial charge < -0.3 is 5.11 Å². The first-order valence-corrected chi connectivity index (χ1v) is 4.97. The van der Waals surface area contributed by atoms with Crippen molar-refractivity contribution in [3.8, 4) is 5.75 Å². The second-order valence-electron chi connectivity index (χ2n) is 3.50. The number of hydrogen-bond donors (Lipinski definition) is 1. The molecule has 0 fully saturated rings. The predicted octanol–water partition coefficient (Wildman–Crippen LogP) is 2.38. The molecule has 2 aromatic heterocycles. The SMILES string of the molecule is CCCCc1cc2ccc(O)cn2n1. The summed E-state index contributed by atoms with van der Waals surface area (Å²) >= 11 is 0. The van der Waals surface area contributed by atoms with Crippen molar-refractivity contribution in [2.24, 2.45) is 0 Å². The van der Waals surface area contributed by atoms with Crippen LogP contribution in [0.2, 0.25) is 0 Å². The lowest BCUT2D eigenvalue weighted by Crippen LogP contribution is -1.88. The normalized spacial score (nSPS) is 10.9. The Balaban J connectivity index is 2.32. The van der Waals surface area contributed by atoms with E-state index in [-0.39, 0.29) is 5.75 Å². The van der Waals surface area contributed by atoms with Crippen LogP contribution in [0.3, 0.4) is 0 Å². The Labute approximate surface area is 83.0 Å². The summed E-state index contributed by atoms with van der Waals surface area (Å²) in [6.07, 6.45) is 4.98. The molecule has 0 unspecified atom stereocenters. The summed E-state index contributed by atoms with van der Waals surface area (Å²) in [6.45, 7) is 2.17. The number of aromatic nitrogens is 2. The minimum Gasteiger partial charge on any atom is -0.506 e. The lowest BCUT2D eigenvalue weighted by Gasteiger charge is -1.93. The zero-order valence-corrected chi connectivity index (χ0v) is 8.27. The van der Waals surface area contributed by atoms with Crippen molar-refractivity contribution < 1.29 is 5.11 Å². The molecule has 74 valence electrons. The monoisotopic (exact) mass is 190 g/mol. The maximum Gasteiger partial charge on any atom is 0.133 e. The molecule has 0 aliphatic heterocycles. The van der Waals surface area contributed by atoms with Crippen LogP contribution in [-0.4, -0.2) is 14.7 Å². The van der Waals surface area contributed by atoms with Gasteiger partial charge in [0, 0.05) is 0 Å². The largest absolute Gasteiger partial charge is 0.506 e. The first kappa shape index (κ1) is 9.06. The Morgan fingerprint density at radius 2 is 2.29 bits per heavy atom. The molecule has 3 nitrogen and oxygen atoms in total. The minimum absolute atomic E-state index is 0.252. The molecule has 3 heteroatoms. The van der Waals surface area contributed by atoms with Gasteiger partial charge in [0.05, 0.1) is 17.4 Å². The van der Waals surface area contributed by atoms with Crippen LogP contribution in [-0.2, 0) is 6.42 Å². The Kier molecular flexibility index (Phi) is 2.39. The van der Waals surface area contributed by atoms with Crippen LogP contribution >= 0.6 is 0 Å². The van der Waals surface area contributed by atoms with E-state index in [0.717, 1.165) is 24.1 Å². The third-order valence-electron chi connectivity index (χ3n) is 2.28. The molecule has 2 rings (SSSR count). The predicted molar refractivity (Wildman–Crippen MR) is 55.5 cm³/mol. The van der Waals surface area contributed by atoms with Crippen LogP contribution in [0.5, 0.6) is 5.75 Å². The lowest BCUT2D eigenvalue weighted by atomic mass is 10.2. The summed E-state index contributed by atoms with van der Waals surface area (Å²) in [5.41, 5.74) is 2.13. The van der Waals surface area contributed by atoms with E-state index in [1.807, 2.05) is 6.07 Å². The zero-order chi connectivity index (χ0) is 9.97. The Hall–Kier alpha value is -1.51. The molecule has 0 saturated heterocycles. The Morgan fingerprint density at radius 3 is 3.07 bits per heavy atom. The maximum absolute atomic E-state index is 9.25. The zero-order valence-electron chi connectivity index (χ0n) is 8.27. The first-order valence-electron chi connectivity index (χ1n) is 4.97. The number of hydrogen-bond acceptors (Lipinski definition) is 2. The number of nitrogens with zero attached hydrogens (tertiary/aromatic N) is 2. The quantitative estimate of drug-likeness (QED) is 0.806. The van der Waals surface area contributed by atoms with Crippen molar-refractivity contribution in [3.05, 3.63) is 30.1 Å². The van der Waals surface area contributed by atoms with Crippen LogP contribution in [0, 0.1) is 0 Å². The van der Waals surface area contributed by atoms with E-state index in [2.05, 4.69) is 18.1 Å². The van der Waals surface area contributed by atoms with Crippen molar-refractivity contribution in [2.45, 2.75) is 26.2 Å². The number of aryl methyl sites for hydroxylation is 1. The van der Waals surface area contributed by atoms with Gasteiger partial charge in [-0.3, -0.25) is 0 Å². The fraction of sp³-hybridized carbons (Fsp3) is 0.364. The molecule has 0 aliphatic rings. The molecule has 0 saturated carbocycles. The van der Waals surface area contributed by atoms with Gasteiger partial charge in [-0.05, 0) is 31.0 Å². The van der Waals surface area contributed by atoms with Gasteiger partial charge >= 0.3 is 0 Å². The Bertz CT molecular complexity index is 434. The van der Waals surface area contributed by atoms with E-state index in [1.54, 1.807) is 16.8 Å². The maximum atomic E-state index is 9.25. The number of fused-ring (bicyclic) bond motifs is 1. The van der Waals surface area contributed by atoms with Crippen molar-refractivity contribution >= 4 is 5.52 Å². The summed E-state index contributed by atoms with van der Waals surface area (Å²) in [6, 6.07) is 5.62. The van der Waals surface area contributed by atoms with Gasteiger partial charge in [-0.15, -0.1) is 0 Å². The molecule has 2 heterocycles. The summed E-state index contributed by atoms with van der Waals surface area (Å²) in [5.74, 6) is 0.252. The van der Waals surface area contributed by atoms with Gasteiger partial charge in [0.1, 0.15) is 5.75 Å². The summed E-state index contributed by atoms with van der Waals surface area (Å²) in [7, 11) is 0. The first-order chi connectivity index (χ1) is 6.79. The molecule has 0 bridgehead atoms. The smallest absolute Gasteiger partial charge is 0.133 e. The standard InChI is InChI=1S/C11H14N2O/c1-2-3-4-9-7-10-5-6-11(14)8-13(10)12-9/h5-8,14H,2-4H2,1H3. The molecule has 0 spiro atoms. The van der Waals surface area contributed by atoms with E-state index in [1.165, 1.54) is 6.42 Å². The average molecular weight is 190 g/mol. The van der Waals surface area contributed by atoms with E-state index >= 15 is 0 Å². The van der Waals surface area contributed by atoms with Crippen LogP contribution in [0.25, 0.3) is 5.52 Å². The van der Waals surface area contributed by atoms with Crippen molar-refractivity contribution in [1.82, 2.24) is 9.61 Å². The highest BCUT2D eigenvalue weighted by Crippen LogP contribution is 2.13. The van der Waals surface area contributed by atoms with Gasteiger partial charge in [0.15, 0.2) is 0 Å². The molecule has 14 heavy (non-hydrogen) atoms. The molecule has 1 N–H and O–H groups in total. The van der Waals surface area contributed by atoms with Gasteiger partial charge in [-0.1, -0.05) is 13.3 Å². The van der Waals surface area contributed by atoms with Crippen LogP contribution in [0.1, 0.15) is 25.5 Å². The molecule has 0 aliphatic carbocycles. The summed E-state index contributed by atoms with van der Waals surface area (Å²) in [4.78, 5) is 0. The van der Waals surface area contributed by atoms with Gasteiger partial charge in [-0.2, -0.15) is 5.10 Å². The number of rotatable bonds is 3. The lowest BCUT2D eigenvalue weighted by molar-refractivity contribution is 0.470. The number of unbranched alkanes of at least 4 members (excludes halogenated alkanes) is 1. The highest BCUT2D eigenvalue weighted by atomic mass is 16.3. The van der Waals surface area contributed by atoms with Crippen LogP contribution in [0.15, 0.2) is 24.4 Å². The minimum atomic E-state index is 0.252. The number of pyridine rings is 1. The summed E-state index contributed by atoms with van der Waals surface area (Å²) < 4.78 is 1.72. The second kappa shape index (κ2) is 3.70. The fourth-order valence-electron chi connectivity index (χ4n) is 1.51. The van der Waals surface area contributed by atoms with Gasteiger partial charge in [0.25, 0.3) is 0 Å². The molecule has 0 atom stereocenters. The molecule has 0 amide bonds. The molecule has 0 aromatic carbocycles. The van der Waals surface area contributed by atoms with E-state index in [0.29, 0.717) is 0 Å². The molecule has 0 radical (unpaired) electrons. The fourth-order valence-corrected chi connectivity index (χ4v) is 1.51. The highest BCUT2D eigenvalue weighted by Gasteiger charge is 2.01.